The number of nitrogens with two attached hydrogens (primary N) is 1. The lowest BCUT2D eigenvalue weighted by atomic mass is 10.0. The van der Waals surface area contributed by atoms with Crippen LogP contribution < -0.4 is 5.73 Å². The molecule has 2 aliphatic rings. The van der Waals surface area contributed by atoms with Crippen LogP contribution in [0.3, 0.4) is 0 Å². The Morgan fingerprint density at radius 3 is 2.36 bits per heavy atom. The van der Waals surface area contributed by atoms with Gasteiger partial charge < -0.3 is 15.5 Å². The average molecular weight is 197 g/mol. The van der Waals surface area contributed by atoms with E-state index in [1.54, 1.807) is 0 Å². The summed E-state index contributed by atoms with van der Waals surface area (Å²) >= 11 is 0. The topological polar surface area (TPSA) is 49.6 Å². The fraction of sp³-hybridized carbons (Fsp3) is 0.900. The monoisotopic (exact) mass is 197 g/mol. The molecule has 2 saturated heterocycles. The number of amides is 2. The van der Waals surface area contributed by atoms with Gasteiger partial charge in [-0.05, 0) is 25.8 Å². The van der Waals surface area contributed by atoms with Crippen LogP contribution in [0.25, 0.3) is 0 Å². The lowest BCUT2D eigenvalue weighted by Gasteiger charge is -2.42. The first kappa shape index (κ1) is 9.77. The molecule has 0 spiro atoms. The summed E-state index contributed by atoms with van der Waals surface area (Å²) in [6, 6.07) is 0.231. The first-order valence-electron chi connectivity index (χ1n) is 5.55. The molecule has 14 heavy (non-hydrogen) atoms. The van der Waals surface area contributed by atoms with Crippen LogP contribution >= 0.6 is 0 Å². The summed E-state index contributed by atoms with van der Waals surface area (Å²) < 4.78 is 0. The Hall–Kier alpha value is -0.770. The number of likely N-dealkylation sites (tertiary alicyclic amines) is 2. The third-order valence-electron chi connectivity index (χ3n) is 3.19. The Labute approximate surface area is 85.0 Å². The minimum Gasteiger partial charge on any atom is -0.330 e. The molecule has 0 bridgehead atoms. The van der Waals surface area contributed by atoms with Gasteiger partial charge in [0.05, 0.1) is 0 Å². The van der Waals surface area contributed by atoms with E-state index in [0.717, 1.165) is 26.2 Å². The summed E-state index contributed by atoms with van der Waals surface area (Å²) in [7, 11) is 0. The number of carbonyl (C=O) groups is 1. The number of rotatable bonds is 1. The van der Waals surface area contributed by atoms with Gasteiger partial charge in [-0.25, -0.2) is 4.79 Å². The molecule has 0 radical (unpaired) electrons. The van der Waals surface area contributed by atoms with E-state index in [0.29, 0.717) is 12.5 Å². The van der Waals surface area contributed by atoms with Crippen LogP contribution in [-0.2, 0) is 0 Å². The number of hydrogen-bond acceptors (Lipinski definition) is 2. The summed E-state index contributed by atoms with van der Waals surface area (Å²) in [6.07, 6.45) is 3.61. The fourth-order valence-electron chi connectivity index (χ4n) is 2.16. The number of nitrogens with zero attached hydrogens (tertiary/aromatic N) is 2. The Balaban J connectivity index is 1.78. The van der Waals surface area contributed by atoms with Crippen molar-refractivity contribution < 1.29 is 4.79 Å². The van der Waals surface area contributed by atoms with Crippen molar-refractivity contribution in [1.29, 1.82) is 0 Å². The smallest absolute Gasteiger partial charge is 0.320 e. The second kappa shape index (κ2) is 4.17. The molecule has 0 saturated carbocycles. The Morgan fingerprint density at radius 2 is 1.79 bits per heavy atom. The molecule has 0 atom stereocenters. The molecular formula is C10H19N3O. The molecular weight excluding hydrogens is 178 g/mol. The van der Waals surface area contributed by atoms with Crippen LogP contribution in [0.5, 0.6) is 0 Å². The fourth-order valence-corrected chi connectivity index (χ4v) is 2.16. The molecule has 0 aliphatic carbocycles. The number of carbonyl (C=O) groups excluding carboxylic acids is 1. The molecule has 2 rings (SSSR count). The highest BCUT2D eigenvalue weighted by Gasteiger charge is 2.32. The van der Waals surface area contributed by atoms with E-state index in [2.05, 4.69) is 0 Å². The summed E-state index contributed by atoms with van der Waals surface area (Å²) in [5.74, 6) is 0.545. The third kappa shape index (κ3) is 1.85. The largest absolute Gasteiger partial charge is 0.330 e. The molecule has 4 nitrogen and oxygen atoms in total. The van der Waals surface area contributed by atoms with Gasteiger partial charge in [-0.1, -0.05) is 0 Å². The van der Waals surface area contributed by atoms with Crippen molar-refractivity contribution in [2.75, 3.05) is 32.7 Å². The minimum absolute atomic E-state index is 0.231. The van der Waals surface area contributed by atoms with E-state index in [-0.39, 0.29) is 6.03 Å². The van der Waals surface area contributed by atoms with Gasteiger partial charge in [-0.3, -0.25) is 0 Å². The molecule has 2 aliphatic heterocycles. The zero-order valence-corrected chi connectivity index (χ0v) is 8.61. The quantitative estimate of drug-likeness (QED) is 0.665. The van der Waals surface area contributed by atoms with E-state index < -0.39 is 0 Å². The van der Waals surface area contributed by atoms with Crippen molar-refractivity contribution in [2.45, 2.75) is 19.3 Å². The highest BCUT2D eigenvalue weighted by molar-refractivity contribution is 5.75. The van der Waals surface area contributed by atoms with Gasteiger partial charge in [0.1, 0.15) is 0 Å². The van der Waals surface area contributed by atoms with Gasteiger partial charge in [0.15, 0.2) is 0 Å². The van der Waals surface area contributed by atoms with Crippen molar-refractivity contribution in [2.24, 2.45) is 11.7 Å². The SMILES string of the molecule is NCC1CN(C(=O)N2CCCCC2)C1. The van der Waals surface area contributed by atoms with Crippen LogP contribution in [0.4, 0.5) is 4.79 Å². The number of urea groups is 1. The lowest BCUT2D eigenvalue weighted by molar-refractivity contribution is 0.0882. The molecule has 2 heterocycles. The van der Waals surface area contributed by atoms with Crippen LogP contribution in [0.15, 0.2) is 0 Å². The van der Waals surface area contributed by atoms with E-state index >= 15 is 0 Å². The summed E-state index contributed by atoms with van der Waals surface area (Å²) in [5, 5.41) is 0. The normalized spacial score (nSPS) is 23.5. The Morgan fingerprint density at radius 1 is 1.14 bits per heavy atom. The molecule has 0 aromatic carbocycles. The lowest BCUT2D eigenvalue weighted by Crippen LogP contribution is -2.57. The van der Waals surface area contributed by atoms with Crippen molar-refractivity contribution in [1.82, 2.24) is 9.80 Å². The van der Waals surface area contributed by atoms with Gasteiger partial charge in [0.25, 0.3) is 0 Å². The maximum atomic E-state index is 11.9. The molecule has 2 amide bonds. The summed E-state index contributed by atoms with van der Waals surface area (Å²) in [4.78, 5) is 15.8. The van der Waals surface area contributed by atoms with Crippen LogP contribution in [0, 0.1) is 5.92 Å². The first-order valence-corrected chi connectivity index (χ1v) is 5.55. The van der Waals surface area contributed by atoms with Gasteiger partial charge in [0.2, 0.25) is 0 Å². The van der Waals surface area contributed by atoms with Gasteiger partial charge in [-0.15, -0.1) is 0 Å². The summed E-state index contributed by atoms with van der Waals surface area (Å²) in [6.45, 7) is 4.34. The third-order valence-corrected chi connectivity index (χ3v) is 3.19. The molecule has 80 valence electrons. The Kier molecular flexibility index (Phi) is 2.91. The van der Waals surface area contributed by atoms with E-state index in [9.17, 15) is 4.79 Å². The van der Waals surface area contributed by atoms with Crippen molar-refractivity contribution in [3.05, 3.63) is 0 Å². The van der Waals surface area contributed by atoms with E-state index in [1.807, 2.05) is 9.80 Å². The van der Waals surface area contributed by atoms with Gasteiger partial charge in [0, 0.05) is 32.1 Å². The second-order valence-electron chi connectivity index (χ2n) is 4.34. The molecule has 4 heteroatoms. The number of hydrogen-bond donors (Lipinski definition) is 1. The van der Waals surface area contributed by atoms with Gasteiger partial charge >= 0.3 is 6.03 Å². The predicted octanol–water partition coefficient (Wildman–Crippen LogP) is 0.483. The van der Waals surface area contributed by atoms with Crippen LogP contribution in [0.1, 0.15) is 19.3 Å². The van der Waals surface area contributed by atoms with Crippen LogP contribution in [-0.4, -0.2) is 48.6 Å². The Bertz CT molecular complexity index is 207. The number of piperidine rings is 1. The van der Waals surface area contributed by atoms with Crippen molar-refractivity contribution in [3.8, 4) is 0 Å². The highest BCUT2D eigenvalue weighted by atomic mass is 16.2. The van der Waals surface area contributed by atoms with E-state index in [1.165, 1.54) is 19.3 Å². The highest BCUT2D eigenvalue weighted by Crippen LogP contribution is 2.18. The maximum absolute atomic E-state index is 11.9. The molecule has 2 N–H and O–H groups in total. The van der Waals surface area contributed by atoms with E-state index in [4.69, 9.17) is 5.73 Å². The predicted molar refractivity (Wildman–Crippen MR) is 54.9 cm³/mol. The maximum Gasteiger partial charge on any atom is 0.320 e. The van der Waals surface area contributed by atoms with Gasteiger partial charge in [-0.2, -0.15) is 0 Å². The van der Waals surface area contributed by atoms with Crippen molar-refractivity contribution in [3.63, 3.8) is 0 Å². The zero-order valence-electron chi connectivity index (χ0n) is 8.61. The first-order chi connectivity index (χ1) is 6.81. The summed E-state index contributed by atoms with van der Waals surface area (Å²) in [5.41, 5.74) is 5.52. The molecule has 0 aromatic heterocycles. The average Bonchev–Trinajstić information content (AvgIpc) is 2.17. The second-order valence-corrected chi connectivity index (χ2v) is 4.34. The van der Waals surface area contributed by atoms with Crippen molar-refractivity contribution >= 4 is 6.03 Å². The molecule has 0 aromatic rings. The zero-order chi connectivity index (χ0) is 9.97. The van der Waals surface area contributed by atoms with Crippen LogP contribution in [0.2, 0.25) is 0 Å². The standard InChI is InChI=1S/C10H19N3O/c11-6-9-7-13(8-9)10(14)12-4-2-1-3-5-12/h9H,1-8,11H2. The molecule has 0 unspecified atom stereocenters. The molecule has 2 fully saturated rings. The minimum atomic E-state index is 0.231.